The Kier molecular flexibility index (Phi) is 3.31. The SMILES string of the molecule is Nc1cnc(OCC2CCCC2)c(Cl)c1. The first-order valence-corrected chi connectivity index (χ1v) is 5.67. The van der Waals surface area contributed by atoms with Crippen LogP contribution in [0.4, 0.5) is 5.69 Å². The molecule has 4 heteroatoms. The highest BCUT2D eigenvalue weighted by Crippen LogP contribution is 2.28. The van der Waals surface area contributed by atoms with Crippen LogP contribution in [0.1, 0.15) is 25.7 Å². The molecule has 0 spiro atoms. The molecule has 0 radical (unpaired) electrons. The molecule has 0 aromatic carbocycles. The molecule has 0 saturated heterocycles. The van der Waals surface area contributed by atoms with E-state index in [0.29, 0.717) is 22.5 Å². The van der Waals surface area contributed by atoms with E-state index in [-0.39, 0.29) is 0 Å². The van der Waals surface area contributed by atoms with Crippen molar-refractivity contribution in [2.24, 2.45) is 5.92 Å². The molecule has 0 aliphatic heterocycles. The fraction of sp³-hybridized carbons (Fsp3) is 0.545. The zero-order chi connectivity index (χ0) is 10.7. The number of aromatic nitrogens is 1. The first-order valence-electron chi connectivity index (χ1n) is 5.29. The van der Waals surface area contributed by atoms with E-state index in [9.17, 15) is 0 Å². The first-order chi connectivity index (χ1) is 7.25. The molecule has 0 bridgehead atoms. The van der Waals surface area contributed by atoms with Gasteiger partial charge in [0.1, 0.15) is 5.02 Å². The molecule has 15 heavy (non-hydrogen) atoms. The van der Waals surface area contributed by atoms with Crippen LogP contribution in [-0.2, 0) is 0 Å². The second-order valence-electron chi connectivity index (χ2n) is 4.02. The number of anilines is 1. The molecule has 0 amide bonds. The smallest absolute Gasteiger partial charge is 0.232 e. The van der Waals surface area contributed by atoms with Gasteiger partial charge in [0.15, 0.2) is 0 Å². The summed E-state index contributed by atoms with van der Waals surface area (Å²) in [6.45, 7) is 0.719. The van der Waals surface area contributed by atoms with Gasteiger partial charge >= 0.3 is 0 Å². The molecular weight excluding hydrogens is 212 g/mol. The van der Waals surface area contributed by atoms with Crippen molar-refractivity contribution in [3.05, 3.63) is 17.3 Å². The molecule has 82 valence electrons. The number of nitrogens with two attached hydrogens (primary N) is 1. The van der Waals surface area contributed by atoms with Crippen LogP contribution in [0, 0.1) is 5.92 Å². The Bertz CT molecular complexity index is 337. The van der Waals surface area contributed by atoms with Gasteiger partial charge in [0.25, 0.3) is 0 Å². The number of hydrogen-bond donors (Lipinski definition) is 1. The quantitative estimate of drug-likeness (QED) is 0.862. The highest BCUT2D eigenvalue weighted by Gasteiger charge is 2.16. The first kappa shape index (κ1) is 10.6. The molecule has 1 aromatic rings. The van der Waals surface area contributed by atoms with E-state index in [1.165, 1.54) is 25.7 Å². The standard InChI is InChI=1S/C11H15ClN2O/c12-10-5-9(13)6-14-11(10)15-7-8-3-1-2-4-8/h5-6,8H,1-4,7,13H2. The van der Waals surface area contributed by atoms with E-state index in [0.717, 1.165) is 6.61 Å². The monoisotopic (exact) mass is 226 g/mol. The molecule has 1 aromatic heterocycles. The minimum Gasteiger partial charge on any atom is -0.476 e. The summed E-state index contributed by atoms with van der Waals surface area (Å²) in [6, 6.07) is 1.67. The zero-order valence-corrected chi connectivity index (χ0v) is 9.33. The predicted molar refractivity (Wildman–Crippen MR) is 61.1 cm³/mol. The topological polar surface area (TPSA) is 48.1 Å². The summed E-state index contributed by atoms with van der Waals surface area (Å²) in [7, 11) is 0. The minimum atomic E-state index is 0.494. The lowest BCUT2D eigenvalue weighted by atomic mass is 10.1. The number of nitrogens with zero attached hydrogens (tertiary/aromatic N) is 1. The van der Waals surface area contributed by atoms with E-state index in [1.807, 2.05) is 0 Å². The Morgan fingerprint density at radius 2 is 2.20 bits per heavy atom. The Morgan fingerprint density at radius 3 is 2.87 bits per heavy atom. The van der Waals surface area contributed by atoms with Gasteiger partial charge in [0, 0.05) is 0 Å². The summed E-state index contributed by atoms with van der Waals surface area (Å²) in [5.74, 6) is 1.16. The van der Waals surface area contributed by atoms with Crippen LogP contribution in [0.5, 0.6) is 5.88 Å². The number of ether oxygens (including phenoxy) is 1. The van der Waals surface area contributed by atoms with Crippen LogP contribution < -0.4 is 10.5 Å². The number of nitrogen functional groups attached to an aromatic ring is 1. The maximum absolute atomic E-state index is 5.95. The molecule has 1 aliphatic rings. The molecule has 1 fully saturated rings. The molecule has 1 heterocycles. The van der Waals surface area contributed by atoms with Gasteiger partial charge in [-0.05, 0) is 24.8 Å². The van der Waals surface area contributed by atoms with E-state index < -0.39 is 0 Å². The lowest BCUT2D eigenvalue weighted by Crippen LogP contribution is -2.09. The summed E-state index contributed by atoms with van der Waals surface area (Å²) in [5, 5.41) is 0.494. The van der Waals surface area contributed by atoms with Crippen molar-refractivity contribution in [2.75, 3.05) is 12.3 Å². The molecule has 1 aliphatic carbocycles. The average molecular weight is 227 g/mol. The number of hydrogen-bond acceptors (Lipinski definition) is 3. The molecule has 2 rings (SSSR count). The van der Waals surface area contributed by atoms with Crippen LogP contribution >= 0.6 is 11.6 Å². The van der Waals surface area contributed by atoms with Gasteiger partial charge in [0.05, 0.1) is 18.5 Å². The van der Waals surface area contributed by atoms with Crippen LogP contribution in [0.2, 0.25) is 5.02 Å². The molecular formula is C11H15ClN2O. The lowest BCUT2D eigenvalue weighted by Gasteiger charge is -2.11. The second-order valence-corrected chi connectivity index (χ2v) is 4.42. The summed E-state index contributed by atoms with van der Waals surface area (Å²) in [5.41, 5.74) is 6.11. The summed E-state index contributed by atoms with van der Waals surface area (Å²) < 4.78 is 5.58. The van der Waals surface area contributed by atoms with Crippen molar-refractivity contribution in [3.63, 3.8) is 0 Å². The number of pyridine rings is 1. The average Bonchev–Trinajstić information content (AvgIpc) is 2.69. The van der Waals surface area contributed by atoms with Gasteiger partial charge < -0.3 is 10.5 Å². The van der Waals surface area contributed by atoms with Crippen LogP contribution in [0.25, 0.3) is 0 Å². The van der Waals surface area contributed by atoms with Gasteiger partial charge in [-0.2, -0.15) is 0 Å². The summed E-state index contributed by atoms with van der Waals surface area (Å²) in [6.07, 6.45) is 6.71. The Balaban J connectivity index is 1.92. The second kappa shape index (κ2) is 4.71. The summed E-state index contributed by atoms with van der Waals surface area (Å²) in [4.78, 5) is 4.06. The van der Waals surface area contributed by atoms with Crippen molar-refractivity contribution in [1.82, 2.24) is 4.98 Å². The van der Waals surface area contributed by atoms with Crippen molar-refractivity contribution < 1.29 is 4.74 Å². The number of rotatable bonds is 3. The van der Waals surface area contributed by atoms with Gasteiger partial charge in [-0.25, -0.2) is 4.98 Å². The third kappa shape index (κ3) is 2.75. The molecule has 1 saturated carbocycles. The third-order valence-electron chi connectivity index (χ3n) is 2.76. The molecule has 0 unspecified atom stereocenters. The fourth-order valence-electron chi connectivity index (χ4n) is 1.92. The summed E-state index contributed by atoms with van der Waals surface area (Å²) >= 11 is 5.95. The zero-order valence-electron chi connectivity index (χ0n) is 8.58. The van der Waals surface area contributed by atoms with Gasteiger partial charge in [0.2, 0.25) is 5.88 Å². The van der Waals surface area contributed by atoms with Crippen molar-refractivity contribution in [1.29, 1.82) is 0 Å². The van der Waals surface area contributed by atoms with E-state index in [2.05, 4.69) is 4.98 Å². The van der Waals surface area contributed by atoms with Gasteiger partial charge in [-0.15, -0.1) is 0 Å². The Hall–Kier alpha value is -0.960. The number of halogens is 1. The highest BCUT2D eigenvalue weighted by molar-refractivity contribution is 6.32. The lowest BCUT2D eigenvalue weighted by molar-refractivity contribution is 0.244. The van der Waals surface area contributed by atoms with Crippen LogP contribution in [0.3, 0.4) is 0 Å². The highest BCUT2D eigenvalue weighted by atomic mass is 35.5. The molecule has 2 N–H and O–H groups in total. The maximum atomic E-state index is 5.95. The predicted octanol–water partition coefficient (Wildman–Crippen LogP) is 2.89. The fourth-order valence-corrected chi connectivity index (χ4v) is 2.15. The van der Waals surface area contributed by atoms with Gasteiger partial charge in [-0.3, -0.25) is 0 Å². The van der Waals surface area contributed by atoms with Gasteiger partial charge in [-0.1, -0.05) is 24.4 Å². The third-order valence-corrected chi connectivity index (χ3v) is 3.03. The maximum Gasteiger partial charge on any atom is 0.232 e. The van der Waals surface area contributed by atoms with E-state index >= 15 is 0 Å². The van der Waals surface area contributed by atoms with E-state index in [1.54, 1.807) is 12.3 Å². The largest absolute Gasteiger partial charge is 0.476 e. The van der Waals surface area contributed by atoms with Crippen molar-refractivity contribution >= 4 is 17.3 Å². The Labute approximate surface area is 94.6 Å². The van der Waals surface area contributed by atoms with Crippen LogP contribution in [-0.4, -0.2) is 11.6 Å². The van der Waals surface area contributed by atoms with Crippen molar-refractivity contribution in [3.8, 4) is 5.88 Å². The normalized spacial score (nSPS) is 16.9. The minimum absolute atomic E-state index is 0.494. The Morgan fingerprint density at radius 1 is 1.47 bits per heavy atom. The molecule has 3 nitrogen and oxygen atoms in total. The van der Waals surface area contributed by atoms with E-state index in [4.69, 9.17) is 22.1 Å². The van der Waals surface area contributed by atoms with Crippen LogP contribution in [0.15, 0.2) is 12.3 Å². The van der Waals surface area contributed by atoms with Crippen molar-refractivity contribution in [2.45, 2.75) is 25.7 Å². The molecule has 0 atom stereocenters.